The van der Waals surface area contributed by atoms with Gasteiger partial charge in [-0.25, -0.2) is 0 Å². The second-order valence-electron chi connectivity index (χ2n) is 4.81. The van der Waals surface area contributed by atoms with Crippen molar-refractivity contribution in [2.24, 2.45) is 0 Å². The topological polar surface area (TPSA) is 35.5 Å². The molecule has 0 amide bonds. The molecule has 0 aliphatic carbocycles. The fourth-order valence-corrected chi connectivity index (χ4v) is 2.58. The summed E-state index contributed by atoms with van der Waals surface area (Å²) >= 11 is 0. The summed E-state index contributed by atoms with van der Waals surface area (Å²) in [4.78, 5) is 2.44. The molecule has 0 aromatic heterocycles. The van der Waals surface area contributed by atoms with Crippen molar-refractivity contribution < 1.29 is 5.11 Å². The van der Waals surface area contributed by atoms with Gasteiger partial charge in [-0.3, -0.25) is 0 Å². The molecule has 5 heteroatoms. The Hall–Kier alpha value is 0.460. The molecule has 2 aliphatic rings. The van der Waals surface area contributed by atoms with Crippen LogP contribution in [0.5, 0.6) is 0 Å². The number of rotatable bonds is 2. The van der Waals surface area contributed by atoms with E-state index in [0.717, 1.165) is 32.5 Å². The highest BCUT2D eigenvalue weighted by Crippen LogP contribution is 2.21. The Kier molecular flexibility index (Phi) is 7.94. The zero-order chi connectivity index (χ0) is 9.86. The first-order valence-electron chi connectivity index (χ1n) is 5.94. The fraction of sp³-hybridized carbons (Fsp3) is 1.00. The monoisotopic (exact) mass is 270 g/mol. The molecule has 3 nitrogen and oxygen atoms in total. The van der Waals surface area contributed by atoms with Gasteiger partial charge in [0, 0.05) is 6.54 Å². The molecule has 98 valence electrons. The van der Waals surface area contributed by atoms with Gasteiger partial charge in [0.05, 0.1) is 5.60 Å². The van der Waals surface area contributed by atoms with Crippen molar-refractivity contribution in [3.05, 3.63) is 0 Å². The minimum absolute atomic E-state index is 0. The Morgan fingerprint density at radius 3 is 2.12 bits per heavy atom. The van der Waals surface area contributed by atoms with Crippen LogP contribution >= 0.6 is 24.8 Å². The maximum atomic E-state index is 10.3. The summed E-state index contributed by atoms with van der Waals surface area (Å²) in [6.07, 6.45) is 5.84. The number of β-amino-alcohol motifs (C(OH)–C–C–N with tert-alkyl or cyclic N) is 1. The van der Waals surface area contributed by atoms with Gasteiger partial charge in [-0.1, -0.05) is 6.42 Å². The molecular formula is C11H24Cl2N2O. The molecule has 0 aromatic rings. The third kappa shape index (κ3) is 4.76. The van der Waals surface area contributed by atoms with Gasteiger partial charge in [-0.05, 0) is 51.9 Å². The molecule has 2 aliphatic heterocycles. The van der Waals surface area contributed by atoms with Crippen LogP contribution in [0.25, 0.3) is 0 Å². The molecule has 0 saturated carbocycles. The third-order valence-corrected chi connectivity index (χ3v) is 3.50. The van der Waals surface area contributed by atoms with Crippen LogP contribution in [0.1, 0.15) is 32.1 Å². The Morgan fingerprint density at radius 1 is 1.00 bits per heavy atom. The number of nitrogens with one attached hydrogen (secondary N) is 1. The normalized spacial score (nSPS) is 25.3. The smallest absolute Gasteiger partial charge is 0.0798 e. The van der Waals surface area contributed by atoms with Crippen molar-refractivity contribution in [1.82, 2.24) is 10.2 Å². The van der Waals surface area contributed by atoms with Gasteiger partial charge in [0.25, 0.3) is 0 Å². The van der Waals surface area contributed by atoms with Gasteiger partial charge in [0.1, 0.15) is 0 Å². The van der Waals surface area contributed by atoms with Crippen LogP contribution < -0.4 is 5.32 Å². The number of hydrogen-bond acceptors (Lipinski definition) is 3. The van der Waals surface area contributed by atoms with Crippen LogP contribution in [0.15, 0.2) is 0 Å². The van der Waals surface area contributed by atoms with E-state index in [9.17, 15) is 5.11 Å². The molecule has 16 heavy (non-hydrogen) atoms. The lowest BCUT2D eigenvalue weighted by Crippen LogP contribution is -2.50. The lowest BCUT2D eigenvalue weighted by molar-refractivity contribution is -0.0245. The minimum Gasteiger partial charge on any atom is -0.388 e. The van der Waals surface area contributed by atoms with E-state index in [2.05, 4.69) is 10.2 Å². The maximum absolute atomic E-state index is 10.3. The molecule has 2 heterocycles. The zero-order valence-electron chi connectivity index (χ0n) is 9.78. The Bertz CT molecular complexity index is 181. The highest BCUT2D eigenvalue weighted by atomic mass is 35.5. The van der Waals surface area contributed by atoms with Crippen LogP contribution in [0.2, 0.25) is 0 Å². The van der Waals surface area contributed by atoms with Gasteiger partial charge in [-0.2, -0.15) is 0 Å². The average molecular weight is 271 g/mol. The Morgan fingerprint density at radius 2 is 1.56 bits per heavy atom. The number of likely N-dealkylation sites (tertiary alicyclic amines) is 1. The molecule has 0 unspecified atom stereocenters. The number of hydrogen-bond donors (Lipinski definition) is 2. The van der Waals surface area contributed by atoms with Crippen molar-refractivity contribution in [1.29, 1.82) is 0 Å². The summed E-state index contributed by atoms with van der Waals surface area (Å²) < 4.78 is 0. The Labute approximate surface area is 111 Å². The highest BCUT2D eigenvalue weighted by Gasteiger charge is 2.31. The molecule has 2 saturated heterocycles. The molecule has 2 N–H and O–H groups in total. The van der Waals surface area contributed by atoms with Crippen molar-refractivity contribution in [3.63, 3.8) is 0 Å². The predicted octanol–water partition coefficient (Wildman–Crippen LogP) is 1.43. The van der Waals surface area contributed by atoms with Crippen LogP contribution in [-0.2, 0) is 0 Å². The predicted molar refractivity (Wildman–Crippen MR) is 71.8 cm³/mol. The van der Waals surface area contributed by atoms with Gasteiger partial charge in [0.15, 0.2) is 0 Å². The summed E-state index contributed by atoms with van der Waals surface area (Å²) in [6, 6.07) is 0. The maximum Gasteiger partial charge on any atom is 0.0798 e. The van der Waals surface area contributed by atoms with E-state index in [0.29, 0.717) is 0 Å². The molecule has 0 aromatic carbocycles. The summed E-state index contributed by atoms with van der Waals surface area (Å²) in [5.74, 6) is 0. The number of nitrogens with zero attached hydrogens (tertiary/aromatic N) is 1. The standard InChI is InChI=1S/C11H22N2O.2ClH/c14-11(4-6-12-7-5-11)10-13-8-2-1-3-9-13;;/h12,14H,1-10H2;2*1H. The van der Waals surface area contributed by atoms with Gasteiger partial charge in [0.2, 0.25) is 0 Å². The van der Waals surface area contributed by atoms with E-state index in [1.54, 1.807) is 0 Å². The lowest BCUT2D eigenvalue weighted by Gasteiger charge is -2.38. The lowest BCUT2D eigenvalue weighted by atomic mass is 9.91. The molecule has 0 bridgehead atoms. The van der Waals surface area contributed by atoms with E-state index in [1.807, 2.05) is 0 Å². The summed E-state index contributed by atoms with van der Waals surface area (Å²) in [5, 5.41) is 13.6. The van der Waals surface area contributed by atoms with Crippen LogP contribution in [0.3, 0.4) is 0 Å². The largest absolute Gasteiger partial charge is 0.388 e. The number of halogens is 2. The number of piperidine rings is 2. The molecule has 0 radical (unpaired) electrons. The number of aliphatic hydroxyl groups is 1. The molecule has 0 spiro atoms. The van der Waals surface area contributed by atoms with E-state index in [1.165, 1.54) is 32.4 Å². The minimum atomic E-state index is -0.400. The second kappa shape index (κ2) is 7.72. The zero-order valence-corrected chi connectivity index (χ0v) is 11.4. The fourth-order valence-electron chi connectivity index (χ4n) is 2.58. The first kappa shape index (κ1) is 16.5. The van der Waals surface area contributed by atoms with E-state index in [4.69, 9.17) is 0 Å². The van der Waals surface area contributed by atoms with E-state index in [-0.39, 0.29) is 24.8 Å². The summed E-state index contributed by atoms with van der Waals surface area (Å²) in [5.41, 5.74) is -0.400. The van der Waals surface area contributed by atoms with E-state index >= 15 is 0 Å². The highest BCUT2D eigenvalue weighted by molar-refractivity contribution is 5.85. The van der Waals surface area contributed by atoms with Crippen molar-refractivity contribution in [2.75, 3.05) is 32.7 Å². The summed E-state index contributed by atoms with van der Waals surface area (Å²) in [6.45, 7) is 5.23. The van der Waals surface area contributed by atoms with Gasteiger partial charge in [-0.15, -0.1) is 24.8 Å². The van der Waals surface area contributed by atoms with Crippen LogP contribution in [-0.4, -0.2) is 48.3 Å². The molecular weight excluding hydrogens is 247 g/mol. The molecule has 2 rings (SSSR count). The van der Waals surface area contributed by atoms with Gasteiger partial charge < -0.3 is 15.3 Å². The quantitative estimate of drug-likeness (QED) is 0.797. The average Bonchev–Trinajstić information content (AvgIpc) is 2.19. The summed E-state index contributed by atoms with van der Waals surface area (Å²) in [7, 11) is 0. The van der Waals surface area contributed by atoms with Gasteiger partial charge >= 0.3 is 0 Å². The SMILES string of the molecule is Cl.Cl.OC1(CN2CCCCC2)CCNCC1. The van der Waals surface area contributed by atoms with Crippen LogP contribution in [0.4, 0.5) is 0 Å². The molecule has 0 atom stereocenters. The molecule has 2 fully saturated rings. The second-order valence-corrected chi connectivity index (χ2v) is 4.81. The Balaban J connectivity index is 0.00000112. The van der Waals surface area contributed by atoms with Crippen molar-refractivity contribution in [3.8, 4) is 0 Å². The van der Waals surface area contributed by atoms with Crippen molar-refractivity contribution in [2.45, 2.75) is 37.7 Å². The van der Waals surface area contributed by atoms with Crippen LogP contribution in [0, 0.1) is 0 Å². The third-order valence-electron chi connectivity index (χ3n) is 3.50. The van der Waals surface area contributed by atoms with E-state index < -0.39 is 5.60 Å². The first-order valence-corrected chi connectivity index (χ1v) is 5.94. The first-order chi connectivity index (χ1) is 6.79. The van der Waals surface area contributed by atoms with Crippen molar-refractivity contribution >= 4 is 24.8 Å².